The predicted molar refractivity (Wildman–Crippen MR) is 75.8 cm³/mol. The SMILES string of the molecule is N[C@H]1CCN(C(=O)CCc2c[nH]c3ccccc23)C1. The molecular formula is C15H19N3O. The standard InChI is InChI=1S/C15H19N3O/c16-12-7-8-18(10-12)15(19)6-5-11-9-17-14-4-2-1-3-13(11)14/h1-4,9,12,17H,5-8,10,16H2/t12-/m0/s1. The van der Waals surface area contributed by atoms with Crippen LogP contribution in [0.1, 0.15) is 18.4 Å². The van der Waals surface area contributed by atoms with Gasteiger partial charge in [0.25, 0.3) is 0 Å². The molecule has 1 saturated heterocycles. The lowest BCUT2D eigenvalue weighted by Gasteiger charge is -2.15. The van der Waals surface area contributed by atoms with Gasteiger partial charge in [-0.3, -0.25) is 4.79 Å². The van der Waals surface area contributed by atoms with Gasteiger partial charge in [0, 0.05) is 42.7 Å². The van der Waals surface area contributed by atoms with Crippen molar-refractivity contribution in [1.82, 2.24) is 9.88 Å². The maximum atomic E-state index is 12.1. The molecule has 0 spiro atoms. The quantitative estimate of drug-likeness (QED) is 0.878. The van der Waals surface area contributed by atoms with Gasteiger partial charge in [-0.25, -0.2) is 0 Å². The van der Waals surface area contributed by atoms with Crippen molar-refractivity contribution in [1.29, 1.82) is 0 Å². The number of hydrogen-bond acceptors (Lipinski definition) is 2. The Bertz CT molecular complexity index is 590. The van der Waals surface area contributed by atoms with Crippen molar-refractivity contribution in [2.75, 3.05) is 13.1 Å². The van der Waals surface area contributed by atoms with Crippen molar-refractivity contribution >= 4 is 16.8 Å². The molecule has 0 aliphatic carbocycles. The van der Waals surface area contributed by atoms with Gasteiger partial charge in [0.15, 0.2) is 0 Å². The van der Waals surface area contributed by atoms with Crippen LogP contribution < -0.4 is 5.73 Å². The molecule has 1 amide bonds. The molecule has 4 heteroatoms. The minimum absolute atomic E-state index is 0.164. The van der Waals surface area contributed by atoms with Crippen LogP contribution in [-0.4, -0.2) is 34.9 Å². The number of amides is 1. The number of carbonyl (C=O) groups is 1. The van der Waals surface area contributed by atoms with E-state index in [0.29, 0.717) is 13.0 Å². The molecule has 3 rings (SSSR count). The Balaban J connectivity index is 1.64. The molecule has 0 unspecified atom stereocenters. The third-order valence-electron chi connectivity index (χ3n) is 3.86. The van der Waals surface area contributed by atoms with E-state index < -0.39 is 0 Å². The van der Waals surface area contributed by atoms with E-state index >= 15 is 0 Å². The number of aromatic nitrogens is 1. The van der Waals surface area contributed by atoms with E-state index in [2.05, 4.69) is 17.1 Å². The summed E-state index contributed by atoms with van der Waals surface area (Å²) in [6.07, 6.45) is 4.29. The number of H-pyrrole nitrogens is 1. The fourth-order valence-electron chi connectivity index (χ4n) is 2.75. The summed E-state index contributed by atoms with van der Waals surface area (Å²) in [7, 11) is 0. The largest absolute Gasteiger partial charge is 0.361 e. The van der Waals surface area contributed by atoms with Gasteiger partial charge in [0.05, 0.1) is 0 Å². The molecule has 1 aromatic carbocycles. The van der Waals surface area contributed by atoms with Crippen LogP contribution in [-0.2, 0) is 11.2 Å². The lowest BCUT2D eigenvalue weighted by Crippen LogP contribution is -2.31. The first-order valence-corrected chi connectivity index (χ1v) is 6.82. The maximum absolute atomic E-state index is 12.1. The van der Waals surface area contributed by atoms with Crippen LogP contribution in [0.2, 0.25) is 0 Å². The lowest BCUT2D eigenvalue weighted by molar-refractivity contribution is -0.130. The van der Waals surface area contributed by atoms with Crippen molar-refractivity contribution in [2.45, 2.75) is 25.3 Å². The number of aromatic amines is 1. The zero-order valence-electron chi connectivity index (χ0n) is 10.9. The molecule has 2 heterocycles. The average Bonchev–Trinajstić information content (AvgIpc) is 3.02. The highest BCUT2D eigenvalue weighted by Crippen LogP contribution is 2.19. The molecule has 1 aliphatic heterocycles. The van der Waals surface area contributed by atoms with Crippen LogP contribution in [0.25, 0.3) is 10.9 Å². The second-order valence-corrected chi connectivity index (χ2v) is 5.25. The fourth-order valence-corrected chi connectivity index (χ4v) is 2.75. The maximum Gasteiger partial charge on any atom is 0.222 e. The molecule has 1 atom stereocenters. The molecule has 3 N–H and O–H groups in total. The van der Waals surface area contributed by atoms with Crippen LogP contribution in [0.3, 0.4) is 0 Å². The molecular weight excluding hydrogens is 238 g/mol. The van der Waals surface area contributed by atoms with E-state index in [1.165, 1.54) is 10.9 Å². The zero-order chi connectivity index (χ0) is 13.2. The van der Waals surface area contributed by atoms with Crippen LogP contribution >= 0.6 is 0 Å². The minimum atomic E-state index is 0.164. The third-order valence-corrected chi connectivity index (χ3v) is 3.86. The first-order chi connectivity index (χ1) is 9.24. The van der Waals surface area contributed by atoms with Crippen LogP contribution in [0, 0.1) is 0 Å². The number of para-hydroxylation sites is 1. The Labute approximate surface area is 112 Å². The summed E-state index contributed by atoms with van der Waals surface area (Å²) in [5.41, 5.74) is 8.18. The Hall–Kier alpha value is -1.81. The van der Waals surface area contributed by atoms with E-state index in [1.807, 2.05) is 23.2 Å². The molecule has 1 fully saturated rings. The zero-order valence-corrected chi connectivity index (χ0v) is 10.9. The van der Waals surface area contributed by atoms with Gasteiger partial charge >= 0.3 is 0 Å². The van der Waals surface area contributed by atoms with Gasteiger partial charge in [-0.05, 0) is 24.5 Å². The van der Waals surface area contributed by atoms with Crippen LogP contribution in [0.15, 0.2) is 30.5 Å². The van der Waals surface area contributed by atoms with Crippen molar-refractivity contribution < 1.29 is 4.79 Å². The number of rotatable bonds is 3. The second kappa shape index (κ2) is 5.05. The lowest BCUT2D eigenvalue weighted by atomic mass is 10.1. The number of nitrogens with zero attached hydrogens (tertiary/aromatic N) is 1. The number of hydrogen-bond donors (Lipinski definition) is 2. The molecule has 0 radical (unpaired) electrons. The van der Waals surface area contributed by atoms with Gasteiger partial charge in [-0.2, -0.15) is 0 Å². The normalized spacial score (nSPS) is 19.2. The molecule has 0 bridgehead atoms. The number of aryl methyl sites for hydroxylation is 1. The van der Waals surface area contributed by atoms with E-state index in [-0.39, 0.29) is 11.9 Å². The first kappa shape index (κ1) is 12.2. The average molecular weight is 257 g/mol. The molecule has 2 aromatic rings. The van der Waals surface area contributed by atoms with Gasteiger partial charge in [0.1, 0.15) is 0 Å². The molecule has 1 aromatic heterocycles. The van der Waals surface area contributed by atoms with Crippen LogP contribution in [0.4, 0.5) is 0 Å². The van der Waals surface area contributed by atoms with Crippen molar-refractivity contribution in [3.63, 3.8) is 0 Å². The summed E-state index contributed by atoms with van der Waals surface area (Å²) >= 11 is 0. The fraction of sp³-hybridized carbons (Fsp3) is 0.400. The third kappa shape index (κ3) is 2.49. The summed E-state index contributed by atoms with van der Waals surface area (Å²) in [5, 5.41) is 1.22. The summed E-state index contributed by atoms with van der Waals surface area (Å²) < 4.78 is 0. The summed E-state index contributed by atoms with van der Waals surface area (Å²) in [6.45, 7) is 1.53. The molecule has 0 saturated carbocycles. The predicted octanol–water partition coefficient (Wildman–Crippen LogP) is 1.66. The molecule has 100 valence electrons. The number of benzene rings is 1. The van der Waals surface area contributed by atoms with E-state index in [0.717, 1.165) is 24.9 Å². The van der Waals surface area contributed by atoms with Crippen LogP contribution in [0.5, 0.6) is 0 Å². The van der Waals surface area contributed by atoms with Crippen molar-refractivity contribution in [2.24, 2.45) is 5.73 Å². The number of fused-ring (bicyclic) bond motifs is 1. The molecule has 1 aliphatic rings. The number of nitrogens with one attached hydrogen (secondary N) is 1. The van der Waals surface area contributed by atoms with Gasteiger partial charge in [0.2, 0.25) is 5.91 Å². The summed E-state index contributed by atoms with van der Waals surface area (Å²) in [6, 6.07) is 8.36. The smallest absolute Gasteiger partial charge is 0.222 e. The Morgan fingerprint density at radius 2 is 2.26 bits per heavy atom. The second-order valence-electron chi connectivity index (χ2n) is 5.25. The highest BCUT2D eigenvalue weighted by molar-refractivity contribution is 5.84. The highest BCUT2D eigenvalue weighted by atomic mass is 16.2. The minimum Gasteiger partial charge on any atom is -0.361 e. The summed E-state index contributed by atoms with van der Waals surface area (Å²) in [5.74, 6) is 0.221. The van der Waals surface area contributed by atoms with E-state index in [1.54, 1.807) is 0 Å². The van der Waals surface area contributed by atoms with Crippen molar-refractivity contribution in [3.8, 4) is 0 Å². The number of likely N-dealkylation sites (tertiary alicyclic amines) is 1. The Morgan fingerprint density at radius 3 is 3.05 bits per heavy atom. The van der Waals surface area contributed by atoms with Crippen molar-refractivity contribution in [3.05, 3.63) is 36.0 Å². The molecule has 4 nitrogen and oxygen atoms in total. The Kier molecular flexibility index (Phi) is 3.25. The van der Waals surface area contributed by atoms with E-state index in [4.69, 9.17) is 5.73 Å². The van der Waals surface area contributed by atoms with E-state index in [9.17, 15) is 4.79 Å². The monoisotopic (exact) mass is 257 g/mol. The Morgan fingerprint density at radius 1 is 1.42 bits per heavy atom. The van der Waals surface area contributed by atoms with Gasteiger partial charge < -0.3 is 15.6 Å². The van der Waals surface area contributed by atoms with Gasteiger partial charge in [-0.1, -0.05) is 18.2 Å². The summed E-state index contributed by atoms with van der Waals surface area (Å²) in [4.78, 5) is 17.2. The molecule has 19 heavy (non-hydrogen) atoms. The first-order valence-electron chi connectivity index (χ1n) is 6.82. The highest BCUT2D eigenvalue weighted by Gasteiger charge is 2.23. The number of nitrogens with two attached hydrogens (primary N) is 1. The number of carbonyl (C=O) groups excluding carboxylic acids is 1. The van der Waals surface area contributed by atoms with Gasteiger partial charge in [-0.15, -0.1) is 0 Å². The topological polar surface area (TPSA) is 62.1 Å².